The van der Waals surface area contributed by atoms with Gasteiger partial charge in [-0.05, 0) is 48.3 Å². The number of rotatable bonds is 4. The molecule has 29 heavy (non-hydrogen) atoms. The Morgan fingerprint density at radius 1 is 1.21 bits per heavy atom. The lowest BCUT2D eigenvalue weighted by Crippen LogP contribution is -2.37. The third-order valence-electron chi connectivity index (χ3n) is 6.23. The smallest absolute Gasteiger partial charge is 0.142 e. The van der Waals surface area contributed by atoms with Crippen molar-refractivity contribution in [2.24, 2.45) is 11.8 Å². The second-order valence-electron chi connectivity index (χ2n) is 7.83. The molecule has 148 valence electrons. The molecule has 0 radical (unpaired) electrons. The molecular weight excluding hydrogens is 384 g/mol. The molecule has 5 rings (SSSR count). The number of aromatic nitrogens is 4. The molecular formula is C21H22N6OS. The highest BCUT2D eigenvalue weighted by Crippen LogP contribution is 2.43. The van der Waals surface area contributed by atoms with Gasteiger partial charge in [0.25, 0.3) is 0 Å². The van der Waals surface area contributed by atoms with Crippen LogP contribution in [-0.2, 0) is 4.74 Å². The Bertz CT molecular complexity index is 1030. The maximum Gasteiger partial charge on any atom is 0.142 e. The van der Waals surface area contributed by atoms with Crippen molar-refractivity contribution < 1.29 is 4.74 Å². The molecule has 2 fully saturated rings. The Morgan fingerprint density at radius 2 is 2.07 bits per heavy atom. The number of nitrogens with zero attached hydrogens (tertiary/aromatic N) is 6. The molecule has 0 N–H and O–H groups in total. The van der Waals surface area contributed by atoms with Crippen molar-refractivity contribution in [1.29, 1.82) is 5.26 Å². The van der Waals surface area contributed by atoms with E-state index in [4.69, 9.17) is 10.00 Å². The zero-order valence-corrected chi connectivity index (χ0v) is 17.0. The van der Waals surface area contributed by atoms with Gasteiger partial charge >= 0.3 is 0 Å². The summed E-state index contributed by atoms with van der Waals surface area (Å²) in [5, 5.41) is 22.1. The van der Waals surface area contributed by atoms with Crippen molar-refractivity contribution in [1.82, 2.24) is 20.0 Å². The van der Waals surface area contributed by atoms with Gasteiger partial charge in [0.2, 0.25) is 0 Å². The molecule has 0 spiro atoms. The average molecular weight is 407 g/mol. The molecule has 0 amide bonds. The summed E-state index contributed by atoms with van der Waals surface area (Å²) < 4.78 is 7.87. The lowest BCUT2D eigenvalue weighted by atomic mass is 9.77. The maximum absolute atomic E-state index is 9.15. The molecule has 1 saturated carbocycles. The molecule has 0 aromatic carbocycles. The minimum Gasteiger partial charge on any atom is -0.379 e. The molecule has 2 aliphatic rings. The maximum atomic E-state index is 9.15. The average Bonchev–Trinajstić information content (AvgIpc) is 3.52. The van der Waals surface area contributed by atoms with Crippen LogP contribution >= 0.6 is 11.3 Å². The van der Waals surface area contributed by atoms with E-state index >= 15 is 0 Å². The molecule has 4 heterocycles. The number of fused-ring (bicyclic) bond motifs is 1. The third kappa shape index (κ3) is 3.41. The van der Waals surface area contributed by atoms with Gasteiger partial charge in [0.1, 0.15) is 23.3 Å². The van der Waals surface area contributed by atoms with Crippen molar-refractivity contribution >= 4 is 17.2 Å². The van der Waals surface area contributed by atoms with Gasteiger partial charge in [0.05, 0.1) is 18.3 Å². The highest BCUT2D eigenvalue weighted by molar-refractivity contribution is 7.08. The molecule has 1 aliphatic carbocycles. The van der Waals surface area contributed by atoms with E-state index in [2.05, 4.69) is 43.1 Å². The van der Waals surface area contributed by atoms with Gasteiger partial charge in [0, 0.05) is 31.1 Å². The van der Waals surface area contributed by atoms with E-state index in [-0.39, 0.29) is 12.1 Å². The zero-order chi connectivity index (χ0) is 19.8. The van der Waals surface area contributed by atoms with E-state index in [1.807, 2.05) is 23.0 Å². The molecule has 7 nitrogen and oxygen atoms in total. The van der Waals surface area contributed by atoms with E-state index in [9.17, 15) is 0 Å². The minimum atomic E-state index is 0.117. The Balaban J connectivity index is 1.35. The lowest BCUT2D eigenvalue weighted by Gasteiger charge is -2.36. The molecule has 3 aromatic heterocycles. The van der Waals surface area contributed by atoms with Crippen LogP contribution < -0.4 is 4.90 Å². The number of methoxy groups -OCH3 is 1. The predicted octanol–water partition coefficient (Wildman–Crippen LogP) is 3.38. The van der Waals surface area contributed by atoms with Crippen LogP contribution in [0.1, 0.15) is 24.6 Å². The SMILES string of the molecule is CO[C@@H]1C[C@H]2CN(c3cccc(C#N)n3)C[C@H]2C[C@H]1n1cc(-c2ccsc2)nn1. The number of anilines is 1. The molecule has 8 heteroatoms. The van der Waals surface area contributed by atoms with E-state index < -0.39 is 0 Å². The molecule has 4 atom stereocenters. The van der Waals surface area contributed by atoms with E-state index in [1.54, 1.807) is 24.5 Å². The van der Waals surface area contributed by atoms with Crippen molar-refractivity contribution in [2.75, 3.05) is 25.1 Å². The summed E-state index contributed by atoms with van der Waals surface area (Å²) in [6, 6.07) is 10.0. The van der Waals surface area contributed by atoms with Crippen LogP contribution in [0.15, 0.2) is 41.2 Å². The first-order valence-corrected chi connectivity index (χ1v) is 10.8. The van der Waals surface area contributed by atoms with Gasteiger partial charge in [-0.15, -0.1) is 5.10 Å². The first kappa shape index (κ1) is 18.3. The quantitative estimate of drug-likeness (QED) is 0.661. The number of hydrogen-bond donors (Lipinski definition) is 0. The van der Waals surface area contributed by atoms with E-state index in [0.717, 1.165) is 43.0 Å². The van der Waals surface area contributed by atoms with Crippen LogP contribution in [0.3, 0.4) is 0 Å². The van der Waals surface area contributed by atoms with E-state index in [0.29, 0.717) is 17.5 Å². The van der Waals surface area contributed by atoms with Gasteiger partial charge in [-0.3, -0.25) is 0 Å². The fourth-order valence-corrected chi connectivity index (χ4v) is 5.40. The molecule has 0 bridgehead atoms. The summed E-state index contributed by atoms with van der Waals surface area (Å²) in [5.41, 5.74) is 2.49. The number of nitriles is 1. The highest BCUT2D eigenvalue weighted by Gasteiger charge is 2.43. The van der Waals surface area contributed by atoms with Crippen LogP contribution in [0.2, 0.25) is 0 Å². The Kier molecular flexibility index (Phi) is 4.78. The first-order chi connectivity index (χ1) is 14.2. The Morgan fingerprint density at radius 3 is 2.83 bits per heavy atom. The largest absolute Gasteiger partial charge is 0.379 e. The number of pyridine rings is 1. The standard InChI is InChI=1S/C21H22N6OS/c1-28-20-8-16-11-26(21-4-2-3-17(9-22)23-21)10-15(16)7-19(20)27-12-18(24-25-27)14-5-6-29-13-14/h2-6,12-13,15-16,19-20H,7-8,10-11H2,1H3/t15-,16+,19-,20-/m1/s1. The first-order valence-electron chi connectivity index (χ1n) is 9.84. The van der Waals surface area contributed by atoms with Gasteiger partial charge in [-0.25, -0.2) is 9.67 Å². The van der Waals surface area contributed by atoms with E-state index in [1.165, 1.54) is 0 Å². The van der Waals surface area contributed by atoms with Crippen molar-refractivity contribution in [3.8, 4) is 17.3 Å². The third-order valence-corrected chi connectivity index (χ3v) is 6.91. The highest BCUT2D eigenvalue weighted by atomic mass is 32.1. The monoisotopic (exact) mass is 406 g/mol. The summed E-state index contributed by atoms with van der Waals surface area (Å²) in [6.07, 6.45) is 4.16. The predicted molar refractivity (Wildman–Crippen MR) is 111 cm³/mol. The Labute approximate surface area is 173 Å². The topological polar surface area (TPSA) is 79.9 Å². The Hall–Kier alpha value is -2.76. The summed E-state index contributed by atoms with van der Waals surface area (Å²) in [7, 11) is 1.79. The molecule has 0 unspecified atom stereocenters. The fraction of sp³-hybridized carbons (Fsp3) is 0.429. The number of hydrogen-bond acceptors (Lipinski definition) is 7. The summed E-state index contributed by atoms with van der Waals surface area (Å²) in [5.74, 6) is 2.00. The zero-order valence-electron chi connectivity index (χ0n) is 16.2. The number of thiophene rings is 1. The molecule has 3 aromatic rings. The summed E-state index contributed by atoms with van der Waals surface area (Å²) in [4.78, 5) is 6.80. The van der Waals surface area contributed by atoms with Gasteiger partial charge < -0.3 is 9.64 Å². The lowest BCUT2D eigenvalue weighted by molar-refractivity contribution is -0.00541. The van der Waals surface area contributed by atoms with Crippen LogP contribution in [0.25, 0.3) is 11.3 Å². The summed E-state index contributed by atoms with van der Waals surface area (Å²) >= 11 is 1.66. The van der Waals surface area contributed by atoms with Crippen LogP contribution in [0, 0.1) is 23.2 Å². The van der Waals surface area contributed by atoms with Crippen LogP contribution in [0.5, 0.6) is 0 Å². The van der Waals surface area contributed by atoms with Gasteiger partial charge in [-0.2, -0.15) is 16.6 Å². The van der Waals surface area contributed by atoms with Crippen molar-refractivity contribution in [3.05, 3.63) is 46.9 Å². The van der Waals surface area contributed by atoms with Gasteiger partial charge in [0.15, 0.2) is 0 Å². The molecule has 1 saturated heterocycles. The fourth-order valence-electron chi connectivity index (χ4n) is 4.75. The normalized spacial score (nSPS) is 26.3. The molecule has 1 aliphatic heterocycles. The van der Waals surface area contributed by atoms with Crippen LogP contribution in [-0.4, -0.2) is 46.3 Å². The minimum absolute atomic E-state index is 0.117. The summed E-state index contributed by atoms with van der Waals surface area (Å²) in [6.45, 7) is 1.90. The second-order valence-corrected chi connectivity index (χ2v) is 8.61. The van der Waals surface area contributed by atoms with Crippen LogP contribution in [0.4, 0.5) is 5.82 Å². The number of ether oxygens (including phenoxy) is 1. The van der Waals surface area contributed by atoms with Crippen molar-refractivity contribution in [3.63, 3.8) is 0 Å². The van der Waals surface area contributed by atoms with Gasteiger partial charge in [-0.1, -0.05) is 11.3 Å². The van der Waals surface area contributed by atoms with Crippen molar-refractivity contribution in [2.45, 2.75) is 25.0 Å². The second kappa shape index (κ2) is 7.58.